The smallest absolute Gasteiger partial charge is 0.143 e. The van der Waals surface area contributed by atoms with Gasteiger partial charge >= 0.3 is 0 Å². The van der Waals surface area contributed by atoms with Crippen molar-refractivity contribution >= 4 is 29.4 Å². The Morgan fingerprint density at radius 3 is 2.79 bits per heavy atom. The highest BCUT2D eigenvalue weighted by atomic mass is 35.5. The van der Waals surface area contributed by atoms with Gasteiger partial charge in [-0.2, -0.15) is 0 Å². The van der Waals surface area contributed by atoms with Gasteiger partial charge in [-0.15, -0.1) is 12.3 Å². The molecular formula is C15H15Cl2NO. The van der Waals surface area contributed by atoms with Crippen LogP contribution in [-0.4, -0.2) is 17.4 Å². The highest BCUT2D eigenvalue weighted by Crippen LogP contribution is 2.31. The van der Waals surface area contributed by atoms with Crippen LogP contribution in [-0.2, 0) is 0 Å². The second-order valence-electron chi connectivity index (χ2n) is 4.73. The topological polar surface area (TPSA) is 32.6 Å². The van der Waals surface area contributed by atoms with Gasteiger partial charge in [0.1, 0.15) is 5.75 Å². The zero-order valence-corrected chi connectivity index (χ0v) is 12.0. The van der Waals surface area contributed by atoms with Gasteiger partial charge in [-0.05, 0) is 25.0 Å². The van der Waals surface area contributed by atoms with E-state index in [2.05, 4.69) is 10.9 Å². The summed E-state index contributed by atoms with van der Waals surface area (Å²) in [4.78, 5) is 4.50. The highest BCUT2D eigenvalue weighted by Gasteiger charge is 2.22. The molecule has 0 amide bonds. The van der Waals surface area contributed by atoms with E-state index in [1.165, 1.54) is 6.07 Å². The Morgan fingerprint density at radius 1 is 1.32 bits per heavy atom. The Balaban J connectivity index is 2.20. The summed E-state index contributed by atoms with van der Waals surface area (Å²) in [5, 5.41) is 10.6. The number of hydrogen-bond acceptors (Lipinski definition) is 2. The molecule has 1 aromatic rings. The zero-order valence-electron chi connectivity index (χ0n) is 10.4. The van der Waals surface area contributed by atoms with Crippen molar-refractivity contribution in [1.82, 2.24) is 0 Å². The minimum atomic E-state index is 0.00267. The van der Waals surface area contributed by atoms with Crippen LogP contribution in [0.15, 0.2) is 17.1 Å². The number of benzene rings is 1. The maximum absolute atomic E-state index is 9.85. The normalized spacial score (nSPS) is 23.4. The number of rotatable bonds is 2. The Bertz CT molecular complexity index is 534. The van der Waals surface area contributed by atoms with Crippen molar-refractivity contribution in [3.8, 4) is 18.1 Å². The number of aliphatic imine (C=N–C) groups is 1. The van der Waals surface area contributed by atoms with Crippen molar-refractivity contribution in [3.63, 3.8) is 0 Å². The van der Waals surface area contributed by atoms with Gasteiger partial charge in [0.15, 0.2) is 0 Å². The third-order valence-electron chi connectivity index (χ3n) is 3.41. The molecule has 100 valence electrons. The molecule has 0 bridgehead atoms. The third-order valence-corrected chi connectivity index (χ3v) is 3.91. The summed E-state index contributed by atoms with van der Waals surface area (Å²) in [6, 6.07) is 3.26. The van der Waals surface area contributed by atoms with E-state index >= 15 is 0 Å². The van der Waals surface area contributed by atoms with Crippen LogP contribution in [0.3, 0.4) is 0 Å². The average Bonchev–Trinajstić information content (AvgIpc) is 2.41. The van der Waals surface area contributed by atoms with Gasteiger partial charge in [0.05, 0.1) is 11.1 Å². The average molecular weight is 296 g/mol. The lowest BCUT2D eigenvalue weighted by atomic mass is 9.85. The first-order valence-corrected chi connectivity index (χ1v) is 7.04. The van der Waals surface area contributed by atoms with Crippen molar-refractivity contribution in [2.24, 2.45) is 10.9 Å². The van der Waals surface area contributed by atoms with Crippen molar-refractivity contribution in [3.05, 3.63) is 27.7 Å². The predicted molar refractivity (Wildman–Crippen MR) is 80.3 cm³/mol. The molecule has 19 heavy (non-hydrogen) atoms. The van der Waals surface area contributed by atoms with Crippen LogP contribution < -0.4 is 0 Å². The minimum absolute atomic E-state index is 0.00267. The first kappa shape index (κ1) is 14.2. The van der Waals surface area contributed by atoms with Gasteiger partial charge in [0.2, 0.25) is 0 Å². The number of aromatic hydroxyl groups is 1. The van der Waals surface area contributed by atoms with E-state index in [9.17, 15) is 5.11 Å². The van der Waals surface area contributed by atoms with Gasteiger partial charge in [-0.3, -0.25) is 4.99 Å². The van der Waals surface area contributed by atoms with Crippen LogP contribution in [0.1, 0.15) is 31.2 Å². The standard InChI is InChI=1S/C15H15Cl2NO/c1-2-10-5-3-4-6-14(10)18-9-11-7-12(16)8-13(17)15(11)19/h1,7-10,14,19H,3-6H2/t10-,14-/m0/s1. The molecule has 0 unspecified atom stereocenters. The summed E-state index contributed by atoms with van der Waals surface area (Å²) in [6.07, 6.45) is 11.4. The lowest BCUT2D eigenvalue weighted by molar-refractivity contribution is 0.375. The van der Waals surface area contributed by atoms with Crippen LogP contribution in [0.25, 0.3) is 0 Å². The molecule has 1 aromatic carbocycles. The van der Waals surface area contributed by atoms with Gasteiger partial charge in [-0.25, -0.2) is 0 Å². The molecule has 0 aromatic heterocycles. The second-order valence-corrected chi connectivity index (χ2v) is 5.57. The summed E-state index contributed by atoms with van der Waals surface area (Å²) in [6.45, 7) is 0. The van der Waals surface area contributed by atoms with Crippen LogP contribution in [0.2, 0.25) is 10.0 Å². The van der Waals surface area contributed by atoms with E-state index in [0.717, 1.165) is 25.7 Å². The molecule has 0 heterocycles. The summed E-state index contributed by atoms with van der Waals surface area (Å²) in [5.41, 5.74) is 0.527. The molecule has 1 aliphatic carbocycles. The number of terminal acetylenes is 1. The predicted octanol–water partition coefficient (Wildman–Crippen LogP) is 4.31. The molecule has 2 nitrogen and oxygen atoms in total. The van der Waals surface area contributed by atoms with E-state index in [0.29, 0.717) is 10.6 Å². The van der Waals surface area contributed by atoms with E-state index in [-0.39, 0.29) is 22.7 Å². The fourth-order valence-electron chi connectivity index (χ4n) is 2.34. The molecule has 2 rings (SSSR count). The molecule has 0 saturated heterocycles. The lowest BCUT2D eigenvalue weighted by Crippen LogP contribution is -2.21. The SMILES string of the molecule is C#C[C@H]1CCCC[C@@H]1N=Cc1cc(Cl)cc(Cl)c1O. The van der Waals surface area contributed by atoms with Crippen LogP contribution >= 0.6 is 23.2 Å². The van der Waals surface area contributed by atoms with Crippen LogP contribution in [0.5, 0.6) is 5.75 Å². The molecule has 1 saturated carbocycles. The van der Waals surface area contributed by atoms with Gasteiger partial charge in [0.25, 0.3) is 0 Å². The Kier molecular flexibility index (Phi) is 4.74. The largest absolute Gasteiger partial charge is 0.506 e. The van der Waals surface area contributed by atoms with Crippen molar-refractivity contribution in [2.45, 2.75) is 31.7 Å². The fraction of sp³-hybridized carbons (Fsp3) is 0.400. The second kappa shape index (κ2) is 6.32. The first-order valence-electron chi connectivity index (χ1n) is 6.29. The van der Waals surface area contributed by atoms with Crippen molar-refractivity contribution in [1.29, 1.82) is 0 Å². The molecule has 1 N–H and O–H groups in total. The van der Waals surface area contributed by atoms with E-state index < -0.39 is 0 Å². The quantitative estimate of drug-likeness (QED) is 0.640. The minimum Gasteiger partial charge on any atom is -0.506 e. The number of hydrogen-bond donors (Lipinski definition) is 1. The molecule has 0 radical (unpaired) electrons. The fourth-order valence-corrected chi connectivity index (χ4v) is 2.85. The highest BCUT2D eigenvalue weighted by molar-refractivity contribution is 6.36. The Morgan fingerprint density at radius 2 is 2.05 bits per heavy atom. The molecule has 4 heteroatoms. The van der Waals surface area contributed by atoms with E-state index in [1.807, 2.05) is 0 Å². The maximum atomic E-state index is 9.85. The molecule has 1 fully saturated rings. The Labute approximate surface area is 123 Å². The number of halogens is 2. The molecule has 1 aliphatic rings. The zero-order chi connectivity index (χ0) is 13.8. The van der Waals surface area contributed by atoms with Crippen molar-refractivity contribution < 1.29 is 5.11 Å². The summed E-state index contributed by atoms with van der Waals surface area (Å²) in [5.74, 6) is 2.98. The third kappa shape index (κ3) is 3.43. The number of nitrogens with zero attached hydrogens (tertiary/aromatic N) is 1. The maximum Gasteiger partial charge on any atom is 0.143 e. The number of phenols is 1. The van der Waals surface area contributed by atoms with Crippen LogP contribution in [0, 0.1) is 18.3 Å². The Hall–Kier alpha value is -1.17. The van der Waals surface area contributed by atoms with E-state index in [4.69, 9.17) is 29.6 Å². The van der Waals surface area contributed by atoms with Gasteiger partial charge in [-0.1, -0.05) is 36.0 Å². The van der Waals surface area contributed by atoms with Crippen LogP contribution in [0.4, 0.5) is 0 Å². The number of phenolic OH excluding ortho intramolecular Hbond substituents is 1. The first-order chi connectivity index (χ1) is 9.11. The monoisotopic (exact) mass is 295 g/mol. The summed E-state index contributed by atoms with van der Waals surface area (Å²) in [7, 11) is 0. The molecule has 2 atom stereocenters. The summed E-state index contributed by atoms with van der Waals surface area (Å²) >= 11 is 11.8. The van der Waals surface area contributed by atoms with E-state index in [1.54, 1.807) is 12.3 Å². The molecular weight excluding hydrogens is 281 g/mol. The van der Waals surface area contributed by atoms with Crippen molar-refractivity contribution in [2.75, 3.05) is 0 Å². The molecule has 0 spiro atoms. The van der Waals surface area contributed by atoms with Gasteiger partial charge < -0.3 is 5.11 Å². The van der Waals surface area contributed by atoms with Gasteiger partial charge in [0, 0.05) is 22.7 Å². The summed E-state index contributed by atoms with van der Waals surface area (Å²) < 4.78 is 0. The lowest BCUT2D eigenvalue weighted by Gasteiger charge is -2.24. The molecule has 0 aliphatic heterocycles.